The quantitative estimate of drug-likeness (QED) is 0.446. The van der Waals surface area contributed by atoms with Gasteiger partial charge < -0.3 is 24.7 Å². The van der Waals surface area contributed by atoms with Crippen molar-refractivity contribution in [2.45, 2.75) is 25.4 Å². The molecule has 0 spiro atoms. The van der Waals surface area contributed by atoms with E-state index in [1.165, 1.54) is 11.4 Å². The van der Waals surface area contributed by atoms with Crippen LogP contribution in [0.5, 0.6) is 5.75 Å². The molecule has 0 amide bonds. The van der Waals surface area contributed by atoms with Crippen LogP contribution >= 0.6 is 0 Å². The number of likely N-dealkylation sites (tertiary alicyclic amines) is 1. The van der Waals surface area contributed by atoms with Gasteiger partial charge in [0.15, 0.2) is 0 Å². The normalized spacial score (nSPS) is 13.8. The molecule has 0 unspecified atom stereocenters. The van der Waals surface area contributed by atoms with E-state index >= 15 is 0 Å². The minimum absolute atomic E-state index is 0.346. The molecular formula is C28H32N2O5. The Morgan fingerprint density at radius 1 is 0.771 bits per heavy atom. The molecule has 1 saturated heterocycles. The molecule has 1 fully saturated rings. The third kappa shape index (κ3) is 8.79. The van der Waals surface area contributed by atoms with E-state index in [0.29, 0.717) is 6.10 Å². The van der Waals surface area contributed by atoms with Crippen molar-refractivity contribution in [3.05, 3.63) is 91.0 Å². The Morgan fingerprint density at radius 3 is 1.69 bits per heavy atom. The van der Waals surface area contributed by atoms with E-state index < -0.39 is 11.9 Å². The molecule has 7 nitrogen and oxygen atoms in total. The molecule has 0 aliphatic carbocycles. The molecule has 1 aliphatic rings. The van der Waals surface area contributed by atoms with Crippen LogP contribution in [0.2, 0.25) is 0 Å². The van der Waals surface area contributed by atoms with Crippen molar-refractivity contribution in [2.24, 2.45) is 0 Å². The van der Waals surface area contributed by atoms with Crippen molar-refractivity contribution in [1.29, 1.82) is 0 Å². The Balaban J connectivity index is 0.000000509. The number of rotatable bonds is 8. The minimum atomic E-state index is -1.82. The van der Waals surface area contributed by atoms with E-state index in [4.69, 9.17) is 24.5 Å². The number of benzene rings is 3. The third-order valence-corrected chi connectivity index (χ3v) is 5.76. The van der Waals surface area contributed by atoms with Crippen molar-refractivity contribution >= 4 is 23.3 Å². The summed E-state index contributed by atoms with van der Waals surface area (Å²) in [7, 11) is 0. The van der Waals surface area contributed by atoms with Gasteiger partial charge in [-0.05, 0) is 62.2 Å². The van der Waals surface area contributed by atoms with Gasteiger partial charge in [0.2, 0.25) is 0 Å². The van der Waals surface area contributed by atoms with Gasteiger partial charge in [-0.2, -0.15) is 0 Å². The number of hydrogen-bond donors (Lipinski definition) is 2. The van der Waals surface area contributed by atoms with Gasteiger partial charge in [0.1, 0.15) is 11.9 Å². The number of para-hydroxylation sites is 3. The summed E-state index contributed by atoms with van der Waals surface area (Å²) in [5.74, 6) is -2.66. The highest BCUT2D eigenvalue weighted by Crippen LogP contribution is 2.25. The maximum Gasteiger partial charge on any atom is 0.414 e. The lowest BCUT2D eigenvalue weighted by molar-refractivity contribution is -0.159. The van der Waals surface area contributed by atoms with Crippen LogP contribution in [0.1, 0.15) is 19.3 Å². The minimum Gasteiger partial charge on any atom is -0.490 e. The first-order valence-corrected chi connectivity index (χ1v) is 11.8. The SMILES string of the molecule is O=C(O)C(=O)O.c1ccc(OC2CCN(CCCN(c3ccccc3)c3ccccc3)CC2)cc1. The van der Waals surface area contributed by atoms with Crippen LogP contribution in [0.25, 0.3) is 0 Å². The summed E-state index contributed by atoms with van der Waals surface area (Å²) >= 11 is 0. The fourth-order valence-electron chi connectivity index (χ4n) is 4.02. The largest absolute Gasteiger partial charge is 0.490 e. The highest BCUT2D eigenvalue weighted by atomic mass is 16.5. The van der Waals surface area contributed by atoms with Crippen LogP contribution < -0.4 is 9.64 Å². The second kappa shape index (κ2) is 13.8. The average molecular weight is 477 g/mol. The molecule has 0 radical (unpaired) electrons. The van der Waals surface area contributed by atoms with E-state index in [1.54, 1.807) is 0 Å². The number of ether oxygens (including phenoxy) is 1. The van der Waals surface area contributed by atoms with Crippen LogP contribution in [0, 0.1) is 0 Å². The molecular weight excluding hydrogens is 444 g/mol. The van der Waals surface area contributed by atoms with Gasteiger partial charge in [-0.25, -0.2) is 9.59 Å². The van der Waals surface area contributed by atoms with Gasteiger partial charge in [0.05, 0.1) is 0 Å². The first-order valence-electron chi connectivity index (χ1n) is 11.8. The molecule has 0 saturated carbocycles. The van der Waals surface area contributed by atoms with Crippen LogP contribution in [0.4, 0.5) is 11.4 Å². The lowest BCUT2D eigenvalue weighted by Gasteiger charge is -2.33. The van der Waals surface area contributed by atoms with Crippen LogP contribution in [-0.2, 0) is 9.59 Å². The number of carboxylic acids is 2. The highest BCUT2D eigenvalue weighted by molar-refractivity contribution is 6.27. The molecule has 3 aromatic rings. The Morgan fingerprint density at radius 2 is 1.23 bits per heavy atom. The summed E-state index contributed by atoms with van der Waals surface area (Å²) in [6.07, 6.45) is 3.71. The van der Waals surface area contributed by atoms with E-state index in [-0.39, 0.29) is 0 Å². The zero-order chi connectivity index (χ0) is 24.9. The topological polar surface area (TPSA) is 90.3 Å². The molecule has 1 aliphatic heterocycles. The molecule has 1 heterocycles. The number of anilines is 2. The predicted molar refractivity (Wildman–Crippen MR) is 136 cm³/mol. The van der Waals surface area contributed by atoms with Crippen molar-refractivity contribution in [3.8, 4) is 5.75 Å². The standard InChI is InChI=1S/C26H30N2O.C2H2O4/c1-4-11-23(12-5-1)28(24-13-6-2-7-14-24)20-10-19-27-21-17-26(18-22-27)29-25-15-8-3-9-16-25;3-1(4)2(5)6/h1-9,11-16,26H,10,17-22H2;(H,3,4)(H,5,6). The molecule has 35 heavy (non-hydrogen) atoms. The Hall–Kier alpha value is -3.84. The van der Waals surface area contributed by atoms with Gasteiger partial charge in [0, 0.05) is 31.0 Å². The summed E-state index contributed by atoms with van der Waals surface area (Å²) in [5.41, 5.74) is 2.52. The molecule has 184 valence electrons. The first-order chi connectivity index (χ1) is 17.0. The zero-order valence-corrected chi connectivity index (χ0v) is 19.7. The van der Waals surface area contributed by atoms with E-state index in [1.807, 2.05) is 30.3 Å². The predicted octanol–water partition coefficient (Wildman–Crippen LogP) is 4.91. The van der Waals surface area contributed by atoms with Gasteiger partial charge in [-0.3, -0.25) is 0 Å². The molecule has 7 heteroatoms. The Bertz CT molecular complexity index is 971. The summed E-state index contributed by atoms with van der Waals surface area (Å²) in [6, 6.07) is 31.6. The Labute approximate surface area is 206 Å². The zero-order valence-electron chi connectivity index (χ0n) is 19.7. The fourth-order valence-corrected chi connectivity index (χ4v) is 4.02. The number of aliphatic carboxylic acids is 2. The van der Waals surface area contributed by atoms with Crippen molar-refractivity contribution in [3.63, 3.8) is 0 Å². The van der Waals surface area contributed by atoms with Gasteiger partial charge in [-0.1, -0.05) is 54.6 Å². The van der Waals surface area contributed by atoms with Gasteiger partial charge in [0.25, 0.3) is 0 Å². The van der Waals surface area contributed by atoms with Crippen LogP contribution in [0.3, 0.4) is 0 Å². The monoisotopic (exact) mass is 476 g/mol. The number of carboxylic acid groups (broad SMARTS) is 2. The van der Waals surface area contributed by atoms with Crippen molar-refractivity contribution in [2.75, 3.05) is 31.1 Å². The fraction of sp³-hybridized carbons (Fsp3) is 0.286. The molecule has 4 rings (SSSR count). The number of hydrogen-bond acceptors (Lipinski definition) is 5. The molecule has 0 aromatic heterocycles. The summed E-state index contributed by atoms with van der Waals surface area (Å²) in [5, 5.41) is 14.8. The van der Waals surface area contributed by atoms with E-state index in [9.17, 15) is 0 Å². The molecule has 0 bridgehead atoms. The third-order valence-electron chi connectivity index (χ3n) is 5.76. The maximum absolute atomic E-state index is 9.10. The lowest BCUT2D eigenvalue weighted by atomic mass is 10.1. The second-order valence-corrected chi connectivity index (χ2v) is 8.26. The van der Waals surface area contributed by atoms with Crippen molar-refractivity contribution in [1.82, 2.24) is 4.90 Å². The number of carbonyl (C=O) groups is 2. The second-order valence-electron chi connectivity index (χ2n) is 8.26. The number of piperidine rings is 1. The Kier molecular flexibility index (Phi) is 10.1. The van der Waals surface area contributed by atoms with Gasteiger partial charge >= 0.3 is 11.9 Å². The first kappa shape index (κ1) is 25.8. The van der Waals surface area contributed by atoms with Crippen LogP contribution in [-0.4, -0.2) is 59.3 Å². The summed E-state index contributed by atoms with van der Waals surface area (Å²) < 4.78 is 6.13. The molecule has 3 aromatic carbocycles. The molecule has 2 N–H and O–H groups in total. The smallest absolute Gasteiger partial charge is 0.414 e. The van der Waals surface area contributed by atoms with Crippen LogP contribution in [0.15, 0.2) is 91.0 Å². The maximum atomic E-state index is 9.10. The lowest BCUT2D eigenvalue weighted by Crippen LogP contribution is -2.39. The van der Waals surface area contributed by atoms with Crippen molar-refractivity contribution < 1.29 is 24.5 Å². The number of nitrogens with zero attached hydrogens (tertiary/aromatic N) is 2. The average Bonchev–Trinajstić information content (AvgIpc) is 2.89. The summed E-state index contributed by atoms with van der Waals surface area (Å²) in [6.45, 7) is 4.39. The summed E-state index contributed by atoms with van der Waals surface area (Å²) in [4.78, 5) is 23.2. The van der Waals surface area contributed by atoms with E-state index in [0.717, 1.165) is 51.2 Å². The molecule has 0 atom stereocenters. The van der Waals surface area contributed by atoms with E-state index in [2.05, 4.69) is 70.5 Å². The van der Waals surface area contributed by atoms with Gasteiger partial charge in [-0.15, -0.1) is 0 Å². The highest BCUT2D eigenvalue weighted by Gasteiger charge is 2.20.